The summed E-state index contributed by atoms with van der Waals surface area (Å²) in [4.78, 5) is 41.5. The lowest BCUT2D eigenvalue weighted by Gasteiger charge is -2.25. The zero-order chi connectivity index (χ0) is 30.6. The van der Waals surface area contributed by atoms with E-state index in [0.717, 1.165) is 25.7 Å². The summed E-state index contributed by atoms with van der Waals surface area (Å²) in [7, 11) is 0. The molecule has 0 bridgehead atoms. The Morgan fingerprint density at radius 3 is 1.32 bits per heavy atom. The van der Waals surface area contributed by atoms with Crippen LogP contribution >= 0.6 is 0 Å². The number of aliphatic hydroxyl groups is 5. The van der Waals surface area contributed by atoms with Gasteiger partial charge in [0.2, 0.25) is 0 Å². The van der Waals surface area contributed by atoms with Crippen LogP contribution in [0.3, 0.4) is 0 Å². The smallest absolute Gasteiger partial charge is 0.346 e. The molecule has 0 amide bonds. The van der Waals surface area contributed by atoms with Crippen LogP contribution in [0.2, 0.25) is 0 Å². The van der Waals surface area contributed by atoms with E-state index in [0.29, 0.717) is 55.4 Å². The van der Waals surface area contributed by atoms with E-state index in [1.165, 1.54) is 0 Å². The van der Waals surface area contributed by atoms with Gasteiger partial charge in [-0.1, -0.05) is 19.1 Å². The first-order chi connectivity index (χ1) is 19.0. The van der Waals surface area contributed by atoms with E-state index in [1.54, 1.807) is 24.3 Å². The molecular weight excluding hydrogens is 528 g/mol. The number of carbonyl (C=O) groups is 4. The third kappa shape index (κ3) is 14.5. The van der Waals surface area contributed by atoms with Crippen molar-refractivity contribution in [3.05, 3.63) is 35.4 Å². The van der Waals surface area contributed by atoms with Crippen molar-refractivity contribution in [2.75, 3.05) is 33.0 Å². The van der Waals surface area contributed by atoms with E-state index in [4.69, 9.17) is 35.7 Å². The van der Waals surface area contributed by atoms with Gasteiger partial charge in [0, 0.05) is 31.5 Å². The summed E-state index contributed by atoms with van der Waals surface area (Å²) >= 11 is 0. The summed E-state index contributed by atoms with van der Waals surface area (Å²) < 4.78 is 4.35. The van der Waals surface area contributed by atoms with Gasteiger partial charge >= 0.3 is 23.9 Å². The fraction of sp³-hybridized carbons (Fsp3) is 0.643. The minimum Gasteiger partial charge on any atom is -0.481 e. The molecule has 0 spiro atoms. The second-order valence-corrected chi connectivity index (χ2v) is 9.80. The summed E-state index contributed by atoms with van der Waals surface area (Å²) in [6.07, 6.45) is 6.01. The normalized spacial score (nSPS) is 17.6. The van der Waals surface area contributed by atoms with Gasteiger partial charge in [0.15, 0.2) is 0 Å². The molecule has 228 valence electrons. The SMILES string of the molecule is CCC(CO)(CO)CO.O=C(O)CCCCC(=O)O.O=C1OC(=O)c2ccccc21.OCC1CCC(CO)CC1. The predicted octanol–water partition coefficient (Wildman–Crippen LogP) is 1.85. The third-order valence-electron chi connectivity index (χ3n) is 6.82. The number of aliphatic hydroxyl groups excluding tert-OH is 5. The van der Waals surface area contributed by atoms with Crippen molar-refractivity contribution in [2.45, 2.75) is 64.7 Å². The van der Waals surface area contributed by atoms with Crippen molar-refractivity contribution in [2.24, 2.45) is 17.3 Å². The van der Waals surface area contributed by atoms with Crippen LogP contribution in [-0.4, -0.2) is 92.7 Å². The molecule has 0 saturated heterocycles. The van der Waals surface area contributed by atoms with E-state index in [2.05, 4.69) is 4.74 Å². The number of esters is 2. The number of hydrogen-bond donors (Lipinski definition) is 7. The molecule has 0 radical (unpaired) electrons. The summed E-state index contributed by atoms with van der Waals surface area (Å²) in [5, 5.41) is 59.8. The number of carbonyl (C=O) groups excluding carboxylic acids is 2. The lowest BCUT2D eigenvalue weighted by molar-refractivity contribution is -0.139. The van der Waals surface area contributed by atoms with Crippen molar-refractivity contribution in [1.82, 2.24) is 0 Å². The highest BCUT2D eigenvalue weighted by molar-refractivity contribution is 6.14. The maximum Gasteiger partial charge on any atom is 0.346 e. The van der Waals surface area contributed by atoms with Crippen LogP contribution in [0.1, 0.15) is 85.4 Å². The maximum atomic E-state index is 10.8. The van der Waals surface area contributed by atoms with Crippen molar-refractivity contribution >= 4 is 23.9 Å². The van der Waals surface area contributed by atoms with Gasteiger partial charge in [0.1, 0.15) is 0 Å². The zero-order valence-electron chi connectivity index (χ0n) is 23.0. The van der Waals surface area contributed by atoms with Crippen LogP contribution in [-0.2, 0) is 14.3 Å². The number of carboxylic acids is 2. The molecule has 1 heterocycles. The number of fused-ring (bicyclic) bond motifs is 1. The van der Waals surface area contributed by atoms with Crippen molar-refractivity contribution < 1.29 is 59.7 Å². The first-order valence-electron chi connectivity index (χ1n) is 13.4. The highest BCUT2D eigenvalue weighted by atomic mass is 16.6. The average molecular weight is 573 g/mol. The third-order valence-corrected chi connectivity index (χ3v) is 6.82. The second kappa shape index (κ2) is 20.9. The molecule has 1 aliphatic heterocycles. The lowest BCUT2D eigenvalue weighted by atomic mass is 9.83. The molecule has 12 nitrogen and oxygen atoms in total. The Kier molecular flexibility index (Phi) is 19.4. The fourth-order valence-corrected chi connectivity index (χ4v) is 3.67. The van der Waals surface area contributed by atoms with Gasteiger partial charge < -0.3 is 40.5 Å². The van der Waals surface area contributed by atoms with Gasteiger partial charge in [-0.2, -0.15) is 0 Å². The first-order valence-corrected chi connectivity index (χ1v) is 13.4. The number of rotatable bonds is 11. The van der Waals surface area contributed by atoms with E-state index < -0.39 is 29.3 Å². The fourth-order valence-electron chi connectivity index (χ4n) is 3.67. The van der Waals surface area contributed by atoms with Crippen LogP contribution in [0.15, 0.2) is 24.3 Å². The van der Waals surface area contributed by atoms with Gasteiger partial charge in [0.05, 0.1) is 30.9 Å². The Labute approximate surface area is 234 Å². The molecule has 0 aromatic heterocycles. The topological polar surface area (TPSA) is 219 Å². The molecular formula is C28H44O12. The molecule has 2 aliphatic rings. The molecule has 0 atom stereocenters. The van der Waals surface area contributed by atoms with Gasteiger partial charge in [-0.15, -0.1) is 0 Å². The number of unbranched alkanes of at least 4 members (excludes halogenated alkanes) is 1. The summed E-state index contributed by atoms with van der Waals surface area (Å²) in [5.41, 5.74) is 0.0509. The average Bonchev–Trinajstić information content (AvgIpc) is 3.26. The largest absolute Gasteiger partial charge is 0.481 e. The lowest BCUT2D eigenvalue weighted by Crippen LogP contribution is -2.32. The monoisotopic (exact) mass is 572 g/mol. The standard InChI is InChI=1S/C8H4O3.C8H16O2.C6H10O4.C6H14O3/c9-7-5-3-1-2-4-6(5)8(10)11-7;9-5-7-1-2-8(6-10)4-3-7;7-5(8)3-1-2-4-6(9)10;1-2-6(3-7,4-8)5-9/h1-4H;7-10H,1-6H2;1-4H2,(H,7,8)(H,9,10);7-9H,2-5H2,1H3. The highest BCUT2D eigenvalue weighted by Gasteiger charge is 2.28. The number of hydrogen-bond acceptors (Lipinski definition) is 10. The van der Waals surface area contributed by atoms with E-state index in [1.807, 2.05) is 6.92 Å². The van der Waals surface area contributed by atoms with Gasteiger partial charge in [-0.05, 0) is 68.9 Å². The molecule has 1 saturated carbocycles. The van der Waals surface area contributed by atoms with Gasteiger partial charge in [-0.25, -0.2) is 9.59 Å². The molecule has 3 rings (SSSR count). The molecule has 1 aromatic carbocycles. The number of ether oxygens (including phenoxy) is 1. The minimum atomic E-state index is -0.870. The van der Waals surface area contributed by atoms with Crippen molar-refractivity contribution in [1.29, 1.82) is 0 Å². The minimum absolute atomic E-state index is 0.0628. The van der Waals surface area contributed by atoms with E-state index >= 15 is 0 Å². The van der Waals surface area contributed by atoms with Crippen molar-refractivity contribution in [3.8, 4) is 0 Å². The highest BCUT2D eigenvalue weighted by Crippen LogP contribution is 2.27. The van der Waals surface area contributed by atoms with Crippen LogP contribution in [0, 0.1) is 17.3 Å². The molecule has 7 N–H and O–H groups in total. The van der Waals surface area contributed by atoms with Gasteiger partial charge in [-0.3, -0.25) is 9.59 Å². The molecule has 40 heavy (non-hydrogen) atoms. The summed E-state index contributed by atoms with van der Waals surface area (Å²) in [6.45, 7) is 2.02. The Balaban J connectivity index is 0.000000509. The molecule has 0 unspecified atom stereocenters. The van der Waals surface area contributed by atoms with Gasteiger partial charge in [0.25, 0.3) is 0 Å². The molecule has 12 heteroatoms. The number of cyclic esters (lactones) is 2. The molecule has 1 fully saturated rings. The quantitative estimate of drug-likeness (QED) is 0.115. The second-order valence-electron chi connectivity index (χ2n) is 9.80. The summed E-state index contributed by atoms with van der Waals surface area (Å²) in [6, 6.07) is 6.53. The van der Waals surface area contributed by atoms with Crippen molar-refractivity contribution in [3.63, 3.8) is 0 Å². The Morgan fingerprint density at radius 2 is 1.10 bits per heavy atom. The first kappa shape index (κ1) is 37.1. The Morgan fingerprint density at radius 1 is 0.750 bits per heavy atom. The molecule has 1 aromatic rings. The predicted molar refractivity (Wildman–Crippen MR) is 144 cm³/mol. The van der Waals surface area contributed by atoms with E-state index in [-0.39, 0.29) is 32.7 Å². The number of aliphatic carboxylic acids is 2. The maximum absolute atomic E-state index is 10.8. The number of benzene rings is 1. The molecule has 1 aliphatic carbocycles. The van der Waals surface area contributed by atoms with E-state index in [9.17, 15) is 19.2 Å². The summed E-state index contributed by atoms with van der Waals surface area (Å²) in [5.74, 6) is -1.81. The zero-order valence-corrected chi connectivity index (χ0v) is 23.0. The Hall–Kier alpha value is -2.90. The number of carboxylic acid groups (broad SMARTS) is 2. The Bertz CT molecular complexity index is 811. The van der Waals surface area contributed by atoms with Crippen LogP contribution in [0.25, 0.3) is 0 Å². The van der Waals surface area contributed by atoms with Crippen LogP contribution in [0.4, 0.5) is 0 Å². The van der Waals surface area contributed by atoms with Crippen LogP contribution in [0.5, 0.6) is 0 Å². The van der Waals surface area contributed by atoms with Crippen LogP contribution < -0.4 is 0 Å².